The molecule has 0 fully saturated rings. The molecule has 1 aromatic carbocycles. The van der Waals surface area contributed by atoms with Crippen LogP contribution in [0.15, 0.2) is 30.6 Å². The van der Waals surface area contributed by atoms with Gasteiger partial charge in [0.05, 0.1) is 28.4 Å². The summed E-state index contributed by atoms with van der Waals surface area (Å²) in [5, 5.41) is 12.9. The Morgan fingerprint density at radius 2 is 2.00 bits per heavy atom. The number of carbonyl (C=O) groups excluding carboxylic acids is 1. The average Bonchev–Trinajstić information content (AvgIpc) is 2.40. The van der Waals surface area contributed by atoms with Gasteiger partial charge < -0.3 is 5.32 Å². The smallest absolute Gasteiger partial charge is 0.308 e. The number of hydrogen-bond donors (Lipinski definition) is 1. The average molecular weight is 293 g/mol. The van der Waals surface area contributed by atoms with E-state index in [1.54, 1.807) is 19.2 Å². The maximum atomic E-state index is 13.9. The summed E-state index contributed by atoms with van der Waals surface area (Å²) >= 11 is 0. The van der Waals surface area contributed by atoms with E-state index in [0.29, 0.717) is 12.1 Å². The fourth-order valence-electron chi connectivity index (χ4n) is 1.69. The lowest BCUT2D eigenvalue weighted by Crippen LogP contribution is -2.15. The molecule has 6 nitrogen and oxygen atoms in total. The summed E-state index contributed by atoms with van der Waals surface area (Å²) in [5.74, 6) is -3.46. The van der Waals surface area contributed by atoms with Crippen LogP contribution in [-0.2, 0) is 0 Å². The quantitative estimate of drug-likeness (QED) is 0.696. The zero-order valence-electron chi connectivity index (χ0n) is 10.8. The summed E-state index contributed by atoms with van der Waals surface area (Å²) in [6.45, 7) is 1.73. The normalized spacial score (nSPS) is 10.2. The molecule has 1 amide bonds. The second kappa shape index (κ2) is 5.61. The monoisotopic (exact) mass is 293 g/mol. The van der Waals surface area contributed by atoms with Crippen LogP contribution in [0.3, 0.4) is 0 Å². The Bertz CT molecular complexity index is 735. The van der Waals surface area contributed by atoms with Crippen LogP contribution >= 0.6 is 0 Å². The Morgan fingerprint density at radius 1 is 1.29 bits per heavy atom. The minimum absolute atomic E-state index is 0.270. The van der Waals surface area contributed by atoms with Crippen molar-refractivity contribution in [3.05, 3.63) is 63.5 Å². The molecular formula is C13H9F2N3O3. The summed E-state index contributed by atoms with van der Waals surface area (Å²) in [7, 11) is 0. The highest BCUT2D eigenvalue weighted by atomic mass is 19.1. The number of amides is 1. The molecule has 0 atom stereocenters. The highest BCUT2D eigenvalue weighted by Gasteiger charge is 2.24. The van der Waals surface area contributed by atoms with E-state index in [1.165, 1.54) is 6.20 Å². The molecule has 1 aromatic heterocycles. The third-order valence-corrected chi connectivity index (χ3v) is 2.59. The number of carbonyl (C=O) groups is 1. The number of nitrogens with one attached hydrogen (secondary N) is 1. The van der Waals surface area contributed by atoms with Crippen LogP contribution in [0.2, 0.25) is 0 Å². The molecule has 2 rings (SSSR count). The van der Waals surface area contributed by atoms with Crippen molar-refractivity contribution >= 4 is 17.3 Å². The number of aromatic nitrogens is 1. The molecule has 1 N–H and O–H groups in total. The van der Waals surface area contributed by atoms with Gasteiger partial charge in [-0.15, -0.1) is 0 Å². The van der Waals surface area contributed by atoms with Crippen LogP contribution in [0, 0.1) is 28.7 Å². The lowest BCUT2D eigenvalue weighted by atomic mass is 10.1. The maximum absolute atomic E-state index is 13.9. The standard InChI is InChI=1S/C13H9F2N3O3/c1-7-2-9(6-16-5-7)17-13(19)10-3-8(14)4-11(12(10)15)18(20)21/h2-6H,1H3,(H,17,19). The fourth-order valence-corrected chi connectivity index (χ4v) is 1.69. The van der Waals surface area contributed by atoms with Gasteiger partial charge in [0.25, 0.3) is 5.91 Å². The van der Waals surface area contributed by atoms with Crippen LogP contribution in [-0.4, -0.2) is 15.8 Å². The van der Waals surface area contributed by atoms with Crippen LogP contribution in [0.5, 0.6) is 0 Å². The number of benzene rings is 1. The van der Waals surface area contributed by atoms with E-state index in [4.69, 9.17) is 0 Å². The summed E-state index contributed by atoms with van der Waals surface area (Å²) in [4.78, 5) is 25.2. The zero-order valence-corrected chi connectivity index (χ0v) is 10.8. The molecule has 0 spiro atoms. The van der Waals surface area contributed by atoms with E-state index < -0.39 is 33.7 Å². The first-order valence-corrected chi connectivity index (χ1v) is 5.75. The highest BCUT2D eigenvalue weighted by Crippen LogP contribution is 2.23. The topological polar surface area (TPSA) is 85.1 Å². The fraction of sp³-hybridized carbons (Fsp3) is 0.0769. The van der Waals surface area contributed by atoms with Crippen molar-refractivity contribution in [3.63, 3.8) is 0 Å². The van der Waals surface area contributed by atoms with Crippen LogP contribution < -0.4 is 5.32 Å². The maximum Gasteiger partial charge on any atom is 0.308 e. The number of hydrogen-bond acceptors (Lipinski definition) is 4. The Hall–Kier alpha value is -2.90. The predicted molar refractivity (Wildman–Crippen MR) is 69.9 cm³/mol. The summed E-state index contributed by atoms with van der Waals surface area (Å²) in [6.07, 6.45) is 2.86. The molecule has 108 valence electrons. The minimum atomic E-state index is -1.39. The van der Waals surface area contributed by atoms with Gasteiger partial charge in [-0.25, -0.2) is 4.39 Å². The molecule has 0 radical (unpaired) electrons. The summed E-state index contributed by atoms with van der Waals surface area (Å²) in [5.41, 5.74) is -0.824. The molecular weight excluding hydrogens is 284 g/mol. The highest BCUT2D eigenvalue weighted by molar-refractivity contribution is 6.04. The summed E-state index contributed by atoms with van der Waals surface area (Å²) < 4.78 is 27.1. The largest absolute Gasteiger partial charge is 0.320 e. The zero-order chi connectivity index (χ0) is 15.6. The predicted octanol–water partition coefficient (Wildman–Crippen LogP) is 2.83. The van der Waals surface area contributed by atoms with Gasteiger partial charge in [0.2, 0.25) is 5.82 Å². The molecule has 2 aromatic rings. The second-order valence-corrected chi connectivity index (χ2v) is 4.25. The number of anilines is 1. The first-order chi connectivity index (χ1) is 9.88. The van der Waals surface area contributed by atoms with Gasteiger partial charge in [0.15, 0.2) is 0 Å². The van der Waals surface area contributed by atoms with Crippen molar-refractivity contribution in [2.75, 3.05) is 5.32 Å². The van der Waals surface area contributed by atoms with E-state index >= 15 is 0 Å². The molecule has 0 aliphatic carbocycles. The molecule has 1 heterocycles. The van der Waals surface area contributed by atoms with Gasteiger partial charge in [-0.1, -0.05) is 0 Å². The number of pyridine rings is 1. The first kappa shape index (κ1) is 14.5. The molecule has 21 heavy (non-hydrogen) atoms. The Labute approximate surface area is 117 Å². The van der Waals surface area contributed by atoms with Gasteiger partial charge >= 0.3 is 5.69 Å². The van der Waals surface area contributed by atoms with Crippen molar-refractivity contribution in [2.24, 2.45) is 0 Å². The van der Waals surface area contributed by atoms with Crippen molar-refractivity contribution in [2.45, 2.75) is 6.92 Å². The number of nitrogens with zero attached hydrogens (tertiary/aromatic N) is 2. The number of halogens is 2. The van der Waals surface area contributed by atoms with E-state index in [1.807, 2.05) is 0 Å². The minimum Gasteiger partial charge on any atom is -0.320 e. The van der Waals surface area contributed by atoms with Gasteiger partial charge in [0, 0.05) is 6.20 Å². The van der Waals surface area contributed by atoms with E-state index in [0.717, 1.165) is 5.56 Å². The number of aryl methyl sites for hydroxylation is 1. The van der Waals surface area contributed by atoms with Crippen LogP contribution in [0.1, 0.15) is 15.9 Å². The molecule has 0 bridgehead atoms. The van der Waals surface area contributed by atoms with E-state index in [2.05, 4.69) is 10.3 Å². The number of rotatable bonds is 3. The number of nitro groups is 1. The van der Waals surface area contributed by atoms with Gasteiger partial charge in [-0.05, 0) is 24.6 Å². The molecule has 0 unspecified atom stereocenters. The molecule has 0 saturated carbocycles. The first-order valence-electron chi connectivity index (χ1n) is 5.75. The van der Waals surface area contributed by atoms with E-state index in [-0.39, 0.29) is 5.69 Å². The molecule has 0 aliphatic heterocycles. The Kier molecular flexibility index (Phi) is 3.88. The van der Waals surface area contributed by atoms with Crippen molar-refractivity contribution in [1.82, 2.24) is 4.98 Å². The molecule has 8 heteroatoms. The van der Waals surface area contributed by atoms with Gasteiger partial charge in [-0.2, -0.15) is 4.39 Å². The summed E-state index contributed by atoms with van der Waals surface area (Å²) in [6, 6.07) is 2.58. The Balaban J connectivity index is 2.37. The van der Waals surface area contributed by atoms with Gasteiger partial charge in [-0.3, -0.25) is 19.9 Å². The third kappa shape index (κ3) is 3.16. The van der Waals surface area contributed by atoms with Crippen molar-refractivity contribution in [1.29, 1.82) is 0 Å². The van der Waals surface area contributed by atoms with E-state index in [9.17, 15) is 23.7 Å². The number of nitro benzene ring substituents is 1. The lowest BCUT2D eigenvalue weighted by Gasteiger charge is -2.07. The SMILES string of the molecule is Cc1cncc(NC(=O)c2cc(F)cc([N+](=O)[O-])c2F)c1. The van der Waals surface area contributed by atoms with Crippen LogP contribution in [0.4, 0.5) is 20.2 Å². The lowest BCUT2D eigenvalue weighted by molar-refractivity contribution is -0.387. The van der Waals surface area contributed by atoms with Crippen molar-refractivity contribution < 1.29 is 18.5 Å². The van der Waals surface area contributed by atoms with Crippen LogP contribution in [0.25, 0.3) is 0 Å². The van der Waals surface area contributed by atoms with Gasteiger partial charge in [0.1, 0.15) is 5.82 Å². The Morgan fingerprint density at radius 3 is 2.62 bits per heavy atom. The second-order valence-electron chi connectivity index (χ2n) is 4.25. The van der Waals surface area contributed by atoms with Crippen molar-refractivity contribution in [3.8, 4) is 0 Å². The third-order valence-electron chi connectivity index (χ3n) is 2.59. The molecule has 0 saturated heterocycles. The molecule has 0 aliphatic rings.